The van der Waals surface area contributed by atoms with Gasteiger partial charge in [-0.1, -0.05) is 30.3 Å². The minimum absolute atomic E-state index is 0.00301. The number of thioether (sulfide) groups is 1. The number of benzene rings is 2. The highest BCUT2D eigenvalue weighted by atomic mass is 32.2. The maximum atomic E-state index is 14.6. The number of nitrogens with one attached hydrogen (secondary N) is 7. The fraction of sp³-hybridized carbons (Fsp3) is 0.500. The fourth-order valence-electron chi connectivity index (χ4n) is 8.80. The van der Waals surface area contributed by atoms with Gasteiger partial charge in [0.05, 0.1) is 11.5 Å². The molecule has 0 bridgehead atoms. The van der Waals surface area contributed by atoms with Gasteiger partial charge in [0.2, 0.25) is 41.4 Å². The summed E-state index contributed by atoms with van der Waals surface area (Å²) in [6.07, 6.45) is 2.10. The second-order valence-electron chi connectivity index (χ2n) is 20.5. The predicted molar refractivity (Wildman–Crippen MR) is 348 cm³/mol. The number of nitrogens with two attached hydrogens (primary N) is 13. The van der Waals surface area contributed by atoms with E-state index in [2.05, 4.69) is 67.2 Å². The number of guanidine groups is 6. The number of amides is 9. The highest BCUT2D eigenvalue weighted by Crippen LogP contribution is 2.33. The Morgan fingerprint density at radius 1 is 0.440 bits per heavy atom. The van der Waals surface area contributed by atoms with E-state index in [9.17, 15) is 43.2 Å². The number of primary amides is 1. The molecule has 9 amide bonds. The molecule has 0 radical (unpaired) electrons. The first-order valence-corrected chi connectivity index (χ1v) is 29.9. The molecule has 33 N–H and O–H groups in total. The number of nitrogens with zero attached hydrogens (tertiary/aromatic N) is 6. The third-order valence-electron chi connectivity index (χ3n) is 13.2. The lowest BCUT2D eigenvalue weighted by Crippen LogP contribution is -2.59. The largest absolute Gasteiger partial charge is 0.493 e. The topological polar surface area (TPSA) is 659 Å². The summed E-state index contributed by atoms with van der Waals surface area (Å²) < 4.78 is 6.11. The molecule has 3 rings (SSSR count). The Kier molecular flexibility index (Phi) is 33.1. The van der Waals surface area contributed by atoms with Crippen LogP contribution in [0.15, 0.2) is 71.3 Å². The summed E-state index contributed by atoms with van der Waals surface area (Å²) in [7, 11) is 0. The Morgan fingerprint density at radius 2 is 0.769 bits per heavy atom. The molecule has 2 aromatic carbocycles. The summed E-state index contributed by atoms with van der Waals surface area (Å²) in [5.41, 5.74) is 72.7. The molecule has 37 heteroatoms. The summed E-state index contributed by atoms with van der Waals surface area (Å²) in [5.74, 6) is -7.12. The lowest BCUT2D eigenvalue weighted by atomic mass is 10.0. The van der Waals surface area contributed by atoms with E-state index in [1.54, 1.807) is 18.2 Å². The zero-order chi connectivity index (χ0) is 67.4. The minimum atomic E-state index is -1.46. The Bertz CT molecular complexity index is 3040. The number of imide groups is 1. The van der Waals surface area contributed by atoms with Crippen LogP contribution in [0, 0.1) is 0 Å². The van der Waals surface area contributed by atoms with Crippen LogP contribution in [0.4, 0.5) is 4.79 Å². The number of rotatable bonds is 42. The first kappa shape index (κ1) is 74.9. The first-order chi connectivity index (χ1) is 43.2. The second kappa shape index (κ2) is 40.2. The Hall–Kier alpha value is -10.4. The highest BCUT2D eigenvalue weighted by molar-refractivity contribution is 8.18. The zero-order valence-electron chi connectivity index (χ0n) is 50.5. The molecule has 1 heterocycles. The number of carbonyl (C=O) groups excluding carboxylic acids is 9. The van der Waals surface area contributed by atoms with Gasteiger partial charge < -0.3 is 111 Å². The second-order valence-corrected chi connectivity index (χ2v) is 21.5. The van der Waals surface area contributed by atoms with Crippen molar-refractivity contribution >= 4 is 117 Å². The van der Waals surface area contributed by atoms with Crippen LogP contribution >= 0.6 is 11.8 Å². The smallest absolute Gasteiger partial charge is 0.290 e. The zero-order valence-corrected chi connectivity index (χ0v) is 51.4. The van der Waals surface area contributed by atoms with E-state index in [1.165, 1.54) is 0 Å². The summed E-state index contributed by atoms with van der Waals surface area (Å²) in [5, 5.41) is 19.2. The minimum Gasteiger partial charge on any atom is -0.493 e. The molecule has 0 aliphatic carbocycles. The van der Waals surface area contributed by atoms with E-state index in [-0.39, 0.29) is 176 Å². The Balaban J connectivity index is 1.93. The molecule has 6 atom stereocenters. The van der Waals surface area contributed by atoms with Crippen LogP contribution in [-0.4, -0.2) is 170 Å². The molecule has 91 heavy (non-hydrogen) atoms. The van der Waals surface area contributed by atoms with E-state index in [4.69, 9.17) is 79.3 Å². The van der Waals surface area contributed by atoms with Crippen molar-refractivity contribution in [3.63, 3.8) is 0 Å². The normalized spacial score (nSPS) is 14.0. The molecule has 0 unspecified atom stereocenters. The number of aliphatic imine (C=N–C) groups is 6. The summed E-state index contributed by atoms with van der Waals surface area (Å²) in [4.78, 5) is 146. The average Bonchev–Trinajstić information content (AvgIpc) is 1.66. The van der Waals surface area contributed by atoms with E-state index in [1.807, 2.05) is 24.3 Å². The molecule has 1 aliphatic rings. The molecular weight excluding hydrogens is 1200 g/mol. The van der Waals surface area contributed by atoms with E-state index >= 15 is 0 Å². The van der Waals surface area contributed by atoms with Crippen molar-refractivity contribution < 1.29 is 47.9 Å². The van der Waals surface area contributed by atoms with Crippen LogP contribution in [0.1, 0.15) is 95.5 Å². The predicted octanol–water partition coefficient (Wildman–Crippen LogP) is -5.96. The van der Waals surface area contributed by atoms with Gasteiger partial charge in [-0.3, -0.25) is 78.4 Å². The van der Waals surface area contributed by atoms with Crippen LogP contribution in [0.3, 0.4) is 0 Å². The molecule has 1 fully saturated rings. The van der Waals surface area contributed by atoms with Crippen LogP contribution in [0.25, 0.3) is 16.8 Å². The third kappa shape index (κ3) is 29.9. The molecule has 0 saturated carbocycles. The monoisotopic (exact) mass is 1290 g/mol. The van der Waals surface area contributed by atoms with Gasteiger partial charge in [-0.05, 0) is 118 Å². The number of hydrogen-bond donors (Lipinski definition) is 20. The van der Waals surface area contributed by atoms with Gasteiger partial charge >= 0.3 is 0 Å². The van der Waals surface area contributed by atoms with Gasteiger partial charge in [0, 0.05) is 51.1 Å². The molecule has 1 saturated heterocycles. The van der Waals surface area contributed by atoms with Crippen molar-refractivity contribution in [2.24, 2.45) is 104 Å². The Labute approximate surface area is 529 Å². The fourth-order valence-corrected chi connectivity index (χ4v) is 9.48. The number of carbonyl (C=O) groups is 9. The maximum Gasteiger partial charge on any atom is 0.290 e. The molecule has 500 valence electrons. The van der Waals surface area contributed by atoms with Crippen molar-refractivity contribution in [1.82, 2.24) is 37.2 Å². The van der Waals surface area contributed by atoms with Gasteiger partial charge in [-0.2, -0.15) is 0 Å². The molecular formula is C54H88N26O10S. The number of ether oxygens (including phenoxy) is 1. The SMILES string of the molecule is NC(=O)[C@H](CCCN=C(N)N)NC(=O)[C@H](CCCN=C(N)N)NC(=O)[C@H](CCCN=C(N)N)NC(=O)[C@H](CCCN=C(N)N)NC(=O)[C@H](CCCN=C(N)N)NC(=O)[C@H](CCCN=C(N)N)NC(=O)CCCOc1ccc(C=C2SC(=O)NC2=O)c2ccccc12. The van der Waals surface area contributed by atoms with Crippen molar-refractivity contribution in [3.8, 4) is 5.75 Å². The summed E-state index contributed by atoms with van der Waals surface area (Å²) >= 11 is 0.795. The van der Waals surface area contributed by atoms with Gasteiger partial charge in [-0.15, -0.1) is 0 Å². The lowest BCUT2D eigenvalue weighted by molar-refractivity contribution is -0.135. The van der Waals surface area contributed by atoms with Gasteiger partial charge in [0.25, 0.3) is 11.1 Å². The van der Waals surface area contributed by atoms with Crippen molar-refractivity contribution in [3.05, 3.63) is 46.9 Å². The number of hydrogen-bond acceptors (Lipinski definition) is 17. The first-order valence-electron chi connectivity index (χ1n) is 29.1. The molecule has 2 aromatic rings. The summed E-state index contributed by atoms with van der Waals surface area (Å²) in [6, 6.07) is 2.57. The van der Waals surface area contributed by atoms with Crippen LogP contribution in [0.5, 0.6) is 5.75 Å². The van der Waals surface area contributed by atoms with Gasteiger partial charge in [-0.25, -0.2) is 0 Å². The molecule has 1 aliphatic heterocycles. The van der Waals surface area contributed by atoms with Crippen LogP contribution in [0.2, 0.25) is 0 Å². The van der Waals surface area contributed by atoms with Crippen molar-refractivity contribution in [2.75, 3.05) is 45.9 Å². The average molecular weight is 1290 g/mol. The lowest BCUT2D eigenvalue weighted by Gasteiger charge is -2.27. The maximum absolute atomic E-state index is 14.6. The molecule has 0 aromatic heterocycles. The van der Waals surface area contributed by atoms with Gasteiger partial charge in [0.15, 0.2) is 35.8 Å². The molecule has 36 nitrogen and oxygen atoms in total. The highest BCUT2D eigenvalue weighted by Gasteiger charge is 2.34. The molecule has 0 spiro atoms. The van der Waals surface area contributed by atoms with E-state index in [0.29, 0.717) is 16.7 Å². The van der Waals surface area contributed by atoms with Crippen LogP contribution in [-0.2, 0) is 38.4 Å². The Morgan fingerprint density at radius 3 is 1.10 bits per heavy atom. The summed E-state index contributed by atoms with van der Waals surface area (Å²) in [6.45, 7) is 0.283. The number of fused-ring (bicyclic) bond motifs is 1. The van der Waals surface area contributed by atoms with E-state index < -0.39 is 88.7 Å². The van der Waals surface area contributed by atoms with Gasteiger partial charge in [0.1, 0.15) is 42.0 Å². The third-order valence-corrected chi connectivity index (χ3v) is 14.0. The quantitative estimate of drug-likeness (QED) is 0.0127. The van der Waals surface area contributed by atoms with E-state index in [0.717, 1.165) is 17.1 Å². The van der Waals surface area contributed by atoms with Crippen LogP contribution < -0.4 is 116 Å². The van der Waals surface area contributed by atoms with Crippen molar-refractivity contribution in [1.29, 1.82) is 0 Å². The standard InChI is InChI=1S/C54H88N26O10S/c55-41(82)32(12-3-21-68-48(56)57)75-43(84)34(14-5-23-70-50(60)61)77-45(86)36(16-7-25-72-52(64)65)79-46(87)37(17-8-26-73-53(66)67)78-44(85)35(15-6-24-71-51(62)63)76-42(83)33(13-4-22-69-49(58)59)74-40(81)18-9-27-90-38-20-19-29(30-10-1-2-11-31(30)38)28-39-47(88)80-54(89)91-39/h1-2,10-11,19-20,28,32-37H,3-9,12-18,21-27H2,(H2,55,82)(H,74,81)(H,75,84)(H,76,83)(H,77,86)(H,78,85)(H,79,87)(H4,56,57,68)(H4,58,59,69)(H4,60,61,70)(H4,62,63,71)(H4,64,65,72)(H4,66,67,73)(H,80,88,89)/t32-,33-,34-,35-,36-,37-/m0/s1. The van der Waals surface area contributed by atoms with Crippen molar-refractivity contribution in [2.45, 2.75) is 126 Å².